The summed E-state index contributed by atoms with van der Waals surface area (Å²) >= 11 is 3.34. The molecular formula is C9H21BrN2O2S. The smallest absolute Gasteiger partial charge is 0.202 e. The van der Waals surface area contributed by atoms with Gasteiger partial charge in [0.25, 0.3) is 10.2 Å². The average molecular weight is 301 g/mol. The summed E-state index contributed by atoms with van der Waals surface area (Å²) in [6, 6.07) is 0. The third-order valence-corrected chi connectivity index (χ3v) is 4.45. The van der Waals surface area contributed by atoms with Crippen LogP contribution in [0.15, 0.2) is 0 Å². The fourth-order valence-corrected chi connectivity index (χ4v) is 3.33. The first kappa shape index (κ1) is 15.3. The number of alkyl halides is 1. The molecule has 0 aliphatic rings. The van der Waals surface area contributed by atoms with E-state index in [0.717, 1.165) is 11.8 Å². The van der Waals surface area contributed by atoms with Crippen molar-refractivity contribution >= 4 is 26.1 Å². The van der Waals surface area contributed by atoms with E-state index in [4.69, 9.17) is 0 Å². The highest BCUT2D eigenvalue weighted by molar-refractivity contribution is 9.09. The molecule has 0 aromatic heterocycles. The van der Waals surface area contributed by atoms with Crippen molar-refractivity contribution in [3.05, 3.63) is 0 Å². The van der Waals surface area contributed by atoms with Crippen molar-refractivity contribution in [2.45, 2.75) is 27.2 Å². The highest BCUT2D eigenvalue weighted by atomic mass is 79.9. The van der Waals surface area contributed by atoms with Crippen molar-refractivity contribution in [3.63, 3.8) is 0 Å². The van der Waals surface area contributed by atoms with Crippen LogP contribution in [0.4, 0.5) is 0 Å². The van der Waals surface area contributed by atoms with Crippen molar-refractivity contribution in [1.82, 2.24) is 9.03 Å². The summed E-state index contributed by atoms with van der Waals surface area (Å²) in [5.74, 6) is 0.356. The topological polar surface area (TPSA) is 49.4 Å². The fourth-order valence-electron chi connectivity index (χ4n) is 1.19. The quantitative estimate of drug-likeness (QED) is 0.692. The lowest BCUT2D eigenvalue weighted by atomic mass is 10.1. The lowest BCUT2D eigenvalue weighted by Gasteiger charge is -2.20. The van der Waals surface area contributed by atoms with E-state index in [1.54, 1.807) is 0 Å². The zero-order valence-electron chi connectivity index (χ0n) is 9.66. The molecule has 0 rings (SSSR count). The van der Waals surface area contributed by atoms with Gasteiger partial charge in [0.15, 0.2) is 0 Å². The van der Waals surface area contributed by atoms with Crippen molar-refractivity contribution in [1.29, 1.82) is 0 Å². The molecule has 1 N–H and O–H groups in total. The highest BCUT2D eigenvalue weighted by Crippen LogP contribution is 2.04. The summed E-state index contributed by atoms with van der Waals surface area (Å²) in [5.41, 5.74) is 0. The van der Waals surface area contributed by atoms with Crippen molar-refractivity contribution < 1.29 is 8.42 Å². The van der Waals surface area contributed by atoms with E-state index in [0.29, 0.717) is 25.6 Å². The molecule has 0 saturated heterocycles. The second-order valence-electron chi connectivity index (χ2n) is 3.52. The third-order valence-electron chi connectivity index (χ3n) is 2.26. The van der Waals surface area contributed by atoms with Crippen LogP contribution >= 0.6 is 15.9 Å². The largest absolute Gasteiger partial charge is 0.279 e. The standard InChI is InChI=1S/C9H21BrN2O2S/c1-4-12(5-2)15(13,14)11-8-9(3)6-7-10/h9,11H,4-8H2,1-3H3. The normalized spacial score (nSPS) is 14.5. The molecule has 0 aliphatic carbocycles. The Morgan fingerprint density at radius 3 is 2.27 bits per heavy atom. The van der Waals surface area contributed by atoms with Crippen molar-refractivity contribution in [2.24, 2.45) is 5.92 Å². The second kappa shape index (κ2) is 7.60. The minimum atomic E-state index is -3.27. The minimum absolute atomic E-state index is 0.356. The Morgan fingerprint density at radius 2 is 1.87 bits per heavy atom. The molecule has 6 heteroatoms. The van der Waals surface area contributed by atoms with Gasteiger partial charge in [-0.3, -0.25) is 0 Å². The van der Waals surface area contributed by atoms with Gasteiger partial charge in [-0.25, -0.2) is 4.72 Å². The van der Waals surface area contributed by atoms with Gasteiger partial charge >= 0.3 is 0 Å². The van der Waals surface area contributed by atoms with Crippen LogP contribution in [0.1, 0.15) is 27.2 Å². The van der Waals surface area contributed by atoms with Crippen LogP contribution in [0.2, 0.25) is 0 Å². The molecule has 1 unspecified atom stereocenters. The Morgan fingerprint density at radius 1 is 1.33 bits per heavy atom. The van der Waals surface area contributed by atoms with E-state index in [9.17, 15) is 8.42 Å². The Hall–Kier alpha value is 0.350. The molecular weight excluding hydrogens is 280 g/mol. The Labute approximate surface area is 102 Å². The first-order valence-electron chi connectivity index (χ1n) is 5.28. The highest BCUT2D eigenvalue weighted by Gasteiger charge is 2.18. The fraction of sp³-hybridized carbons (Fsp3) is 1.00. The van der Waals surface area contributed by atoms with Crippen LogP contribution in [0.3, 0.4) is 0 Å². The molecule has 0 amide bonds. The Balaban J connectivity index is 4.14. The van der Waals surface area contributed by atoms with Crippen LogP contribution in [-0.4, -0.2) is 37.7 Å². The first-order valence-corrected chi connectivity index (χ1v) is 7.84. The van der Waals surface area contributed by atoms with Crippen LogP contribution in [-0.2, 0) is 10.2 Å². The Kier molecular flexibility index (Phi) is 7.77. The maximum atomic E-state index is 11.7. The molecule has 4 nitrogen and oxygen atoms in total. The van der Waals surface area contributed by atoms with E-state index in [1.165, 1.54) is 4.31 Å². The zero-order chi connectivity index (χ0) is 11.9. The summed E-state index contributed by atoms with van der Waals surface area (Å²) in [6.07, 6.45) is 0.973. The van der Waals surface area contributed by atoms with Gasteiger partial charge in [0.1, 0.15) is 0 Å². The lowest BCUT2D eigenvalue weighted by Crippen LogP contribution is -2.42. The van der Waals surface area contributed by atoms with Crippen LogP contribution in [0, 0.1) is 5.92 Å². The van der Waals surface area contributed by atoms with E-state index in [-0.39, 0.29) is 0 Å². The van der Waals surface area contributed by atoms with Crippen LogP contribution in [0.25, 0.3) is 0 Å². The maximum absolute atomic E-state index is 11.7. The van der Waals surface area contributed by atoms with Gasteiger partial charge in [0.2, 0.25) is 0 Å². The van der Waals surface area contributed by atoms with Gasteiger partial charge in [-0.1, -0.05) is 36.7 Å². The van der Waals surface area contributed by atoms with E-state index in [2.05, 4.69) is 20.7 Å². The van der Waals surface area contributed by atoms with E-state index in [1.807, 2.05) is 20.8 Å². The molecule has 0 aliphatic heterocycles. The summed E-state index contributed by atoms with van der Waals surface area (Å²) in [6.45, 7) is 7.24. The zero-order valence-corrected chi connectivity index (χ0v) is 12.1. The predicted octanol–water partition coefficient (Wildman–Crippen LogP) is 1.58. The number of hydrogen-bond acceptors (Lipinski definition) is 2. The molecule has 0 fully saturated rings. The molecule has 0 aromatic carbocycles. The van der Waals surface area contributed by atoms with Gasteiger partial charge in [-0.05, 0) is 12.3 Å². The summed E-state index contributed by atoms with van der Waals surface area (Å²) in [5, 5.41) is 0.904. The van der Waals surface area contributed by atoms with Gasteiger partial charge in [0, 0.05) is 25.0 Å². The van der Waals surface area contributed by atoms with Crippen molar-refractivity contribution in [3.8, 4) is 0 Å². The molecule has 0 aromatic rings. The number of hydrogen-bond donors (Lipinski definition) is 1. The molecule has 0 bridgehead atoms. The van der Waals surface area contributed by atoms with Gasteiger partial charge < -0.3 is 0 Å². The monoisotopic (exact) mass is 300 g/mol. The predicted molar refractivity (Wildman–Crippen MR) is 67.4 cm³/mol. The SMILES string of the molecule is CCN(CC)S(=O)(=O)NCC(C)CCBr. The van der Waals surface area contributed by atoms with Crippen LogP contribution in [0.5, 0.6) is 0 Å². The van der Waals surface area contributed by atoms with E-state index >= 15 is 0 Å². The molecule has 0 spiro atoms. The molecule has 92 valence electrons. The Bertz CT molecular complexity index is 253. The summed E-state index contributed by atoms with van der Waals surface area (Å²) in [4.78, 5) is 0. The molecule has 1 atom stereocenters. The molecule has 15 heavy (non-hydrogen) atoms. The third kappa shape index (κ3) is 5.85. The summed E-state index contributed by atoms with van der Waals surface area (Å²) in [7, 11) is -3.27. The maximum Gasteiger partial charge on any atom is 0.279 e. The molecule has 0 radical (unpaired) electrons. The molecule has 0 heterocycles. The van der Waals surface area contributed by atoms with Gasteiger partial charge in [-0.2, -0.15) is 12.7 Å². The lowest BCUT2D eigenvalue weighted by molar-refractivity contribution is 0.427. The van der Waals surface area contributed by atoms with E-state index < -0.39 is 10.2 Å². The minimum Gasteiger partial charge on any atom is -0.202 e. The number of nitrogens with zero attached hydrogens (tertiary/aromatic N) is 1. The van der Waals surface area contributed by atoms with Crippen molar-refractivity contribution in [2.75, 3.05) is 25.0 Å². The number of rotatable bonds is 8. The van der Waals surface area contributed by atoms with Gasteiger partial charge in [-0.15, -0.1) is 0 Å². The van der Waals surface area contributed by atoms with Crippen LogP contribution < -0.4 is 4.72 Å². The van der Waals surface area contributed by atoms with Gasteiger partial charge in [0.05, 0.1) is 0 Å². The first-order chi connectivity index (χ1) is 6.97. The average Bonchev–Trinajstić information content (AvgIpc) is 2.17. The summed E-state index contributed by atoms with van der Waals surface area (Å²) < 4.78 is 27.5. The molecule has 0 saturated carbocycles. The second-order valence-corrected chi connectivity index (χ2v) is 6.07. The number of nitrogens with one attached hydrogen (secondary N) is 1. The number of halogens is 1.